The van der Waals surface area contributed by atoms with Crippen molar-refractivity contribution in [3.8, 4) is 5.88 Å². The van der Waals surface area contributed by atoms with Gasteiger partial charge in [-0.25, -0.2) is 8.42 Å². The summed E-state index contributed by atoms with van der Waals surface area (Å²) in [5.41, 5.74) is 0.281. The number of aromatic hydroxyl groups is 1. The lowest BCUT2D eigenvalue weighted by molar-refractivity contribution is 0.416. The Morgan fingerprint density at radius 1 is 1.03 bits per heavy atom. The Balaban J connectivity index is 2.09. The molecule has 0 bridgehead atoms. The van der Waals surface area contributed by atoms with Crippen LogP contribution in [0.1, 0.15) is 31.2 Å². The molecule has 1 heterocycles. The average molecular weight is 491 g/mol. The Bertz CT molecular complexity index is 1170. The average Bonchev–Trinajstić information content (AvgIpc) is 2.72. The van der Waals surface area contributed by atoms with E-state index in [2.05, 4.69) is 20.9 Å². The molecule has 0 aliphatic heterocycles. The molecule has 1 N–H and O–H groups in total. The first-order chi connectivity index (χ1) is 14.3. The van der Waals surface area contributed by atoms with Gasteiger partial charge >= 0.3 is 0 Å². The Morgan fingerprint density at radius 3 is 2.33 bits per heavy atom. The van der Waals surface area contributed by atoms with Crippen LogP contribution in [0.5, 0.6) is 5.88 Å². The summed E-state index contributed by atoms with van der Waals surface area (Å²) in [5.74, 6) is -0.352. The van der Waals surface area contributed by atoms with Gasteiger partial charge in [0.25, 0.3) is 5.56 Å². The molecule has 0 unspecified atom stereocenters. The minimum atomic E-state index is -4.23. The van der Waals surface area contributed by atoms with Crippen LogP contribution < -0.4 is 5.56 Å². The quantitative estimate of drug-likeness (QED) is 0.512. The van der Waals surface area contributed by atoms with E-state index in [1.54, 1.807) is 12.1 Å². The van der Waals surface area contributed by atoms with Crippen LogP contribution in [0.15, 0.2) is 73.7 Å². The number of benzene rings is 2. The van der Waals surface area contributed by atoms with E-state index in [1.807, 2.05) is 37.3 Å². The molecule has 8 heteroatoms. The van der Waals surface area contributed by atoms with Gasteiger partial charge in [-0.05, 0) is 42.7 Å². The molecular weight excluding hydrogens is 468 g/mol. The standard InChI is InChI=1S/C22H23BrN2O4S/c1-2-3-9-19-24-21(26)20(30(28,29)18-12-10-17(23)11-13-18)22(27)25(19)15-14-16-7-5-4-6-8-16/h4-8,10-13,26H,2-3,9,14-15H2,1H3. The van der Waals surface area contributed by atoms with Crippen LogP contribution in [0.2, 0.25) is 0 Å². The van der Waals surface area contributed by atoms with E-state index in [-0.39, 0.29) is 11.4 Å². The van der Waals surface area contributed by atoms with Crippen molar-refractivity contribution in [2.75, 3.05) is 0 Å². The summed E-state index contributed by atoms with van der Waals surface area (Å²) in [6.07, 6.45) is 2.68. The van der Waals surface area contributed by atoms with Crippen LogP contribution in [0, 0.1) is 0 Å². The van der Waals surface area contributed by atoms with Gasteiger partial charge in [-0.15, -0.1) is 0 Å². The molecule has 3 aromatic rings. The fraction of sp³-hybridized carbons (Fsp3) is 0.273. The summed E-state index contributed by atoms with van der Waals surface area (Å²) in [5, 5.41) is 10.4. The smallest absolute Gasteiger partial charge is 0.276 e. The second kappa shape index (κ2) is 9.57. The highest BCUT2D eigenvalue weighted by Crippen LogP contribution is 2.26. The maximum atomic E-state index is 13.3. The summed E-state index contributed by atoms with van der Waals surface area (Å²) in [6, 6.07) is 15.5. The van der Waals surface area contributed by atoms with Gasteiger partial charge in [0.15, 0.2) is 4.90 Å². The van der Waals surface area contributed by atoms with Gasteiger partial charge in [-0.2, -0.15) is 4.98 Å². The highest BCUT2D eigenvalue weighted by atomic mass is 79.9. The van der Waals surface area contributed by atoms with Crippen LogP contribution in [0.25, 0.3) is 0 Å². The van der Waals surface area contributed by atoms with Crippen molar-refractivity contribution in [2.45, 2.75) is 48.9 Å². The van der Waals surface area contributed by atoms with Crippen molar-refractivity contribution in [1.29, 1.82) is 0 Å². The van der Waals surface area contributed by atoms with Crippen molar-refractivity contribution in [1.82, 2.24) is 9.55 Å². The number of unbranched alkanes of at least 4 members (excludes halogenated alkanes) is 1. The van der Waals surface area contributed by atoms with Crippen LogP contribution in [-0.4, -0.2) is 23.1 Å². The highest BCUT2D eigenvalue weighted by Gasteiger charge is 2.29. The van der Waals surface area contributed by atoms with Crippen LogP contribution in [-0.2, 0) is 29.2 Å². The van der Waals surface area contributed by atoms with Crippen molar-refractivity contribution in [3.05, 3.63) is 80.8 Å². The summed E-state index contributed by atoms with van der Waals surface area (Å²) in [6.45, 7) is 2.29. The number of sulfone groups is 1. The van der Waals surface area contributed by atoms with Crippen molar-refractivity contribution in [3.63, 3.8) is 0 Å². The number of aryl methyl sites for hydroxylation is 2. The maximum absolute atomic E-state index is 13.3. The molecule has 0 aliphatic rings. The lowest BCUT2D eigenvalue weighted by atomic mass is 10.1. The number of rotatable bonds is 8. The van der Waals surface area contributed by atoms with Gasteiger partial charge in [0.1, 0.15) is 5.82 Å². The van der Waals surface area contributed by atoms with Gasteiger partial charge < -0.3 is 5.11 Å². The first-order valence-electron chi connectivity index (χ1n) is 9.72. The van der Waals surface area contributed by atoms with Crippen LogP contribution in [0.3, 0.4) is 0 Å². The molecule has 0 spiro atoms. The molecule has 0 radical (unpaired) electrons. The zero-order chi connectivity index (χ0) is 21.7. The number of nitrogens with zero attached hydrogens (tertiary/aromatic N) is 2. The monoisotopic (exact) mass is 490 g/mol. The molecule has 1 aromatic heterocycles. The molecule has 2 aromatic carbocycles. The van der Waals surface area contributed by atoms with E-state index < -0.39 is 26.2 Å². The molecule has 6 nitrogen and oxygen atoms in total. The molecule has 3 rings (SSSR count). The fourth-order valence-corrected chi connectivity index (χ4v) is 4.80. The summed E-state index contributed by atoms with van der Waals surface area (Å²) < 4.78 is 28.3. The van der Waals surface area contributed by atoms with Gasteiger partial charge in [0.05, 0.1) is 4.90 Å². The molecule has 0 amide bonds. The maximum Gasteiger partial charge on any atom is 0.276 e. The van der Waals surface area contributed by atoms with Crippen molar-refractivity contribution in [2.24, 2.45) is 0 Å². The lowest BCUT2D eigenvalue weighted by Crippen LogP contribution is -2.31. The third kappa shape index (κ3) is 4.82. The molecule has 0 aliphatic carbocycles. The topological polar surface area (TPSA) is 89.3 Å². The van der Waals surface area contributed by atoms with Gasteiger partial charge in [0.2, 0.25) is 15.7 Å². The highest BCUT2D eigenvalue weighted by molar-refractivity contribution is 9.10. The normalized spacial score (nSPS) is 11.5. The summed E-state index contributed by atoms with van der Waals surface area (Å²) in [4.78, 5) is 16.6. The molecular formula is C22H23BrN2O4S. The molecule has 0 atom stereocenters. The first kappa shape index (κ1) is 22.2. The van der Waals surface area contributed by atoms with E-state index in [1.165, 1.54) is 16.7 Å². The van der Waals surface area contributed by atoms with E-state index >= 15 is 0 Å². The minimum absolute atomic E-state index is 0.0733. The molecule has 158 valence electrons. The van der Waals surface area contributed by atoms with Gasteiger partial charge in [-0.3, -0.25) is 9.36 Å². The van der Waals surface area contributed by atoms with Gasteiger partial charge in [0, 0.05) is 17.4 Å². The van der Waals surface area contributed by atoms with E-state index in [0.29, 0.717) is 23.1 Å². The zero-order valence-electron chi connectivity index (χ0n) is 16.6. The van der Waals surface area contributed by atoms with E-state index in [0.717, 1.165) is 18.4 Å². The Morgan fingerprint density at radius 2 is 1.70 bits per heavy atom. The second-order valence-corrected chi connectivity index (χ2v) is 9.74. The SMILES string of the molecule is CCCCc1nc(O)c(S(=O)(=O)c2ccc(Br)cc2)c(=O)n1CCc1ccccc1. The van der Waals surface area contributed by atoms with E-state index in [9.17, 15) is 18.3 Å². The Hall–Kier alpha value is -2.45. The third-order valence-electron chi connectivity index (χ3n) is 4.80. The predicted molar refractivity (Wildman–Crippen MR) is 119 cm³/mol. The number of hydrogen-bond donors (Lipinski definition) is 1. The molecule has 0 saturated carbocycles. The summed E-state index contributed by atoms with van der Waals surface area (Å²) in [7, 11) is -4.23. The van der Waals surface area contributed by atoms with Gasteiger partial charge in [-0.1, -0.05) is 59.6 Å². The lowest BCUT2D eigenvalue weighted by Gasteiger charge is -2.15. The molecule has 0 fully saturated rings. The number of hydrogen-bond acceptors (Lipinski definition) is 5. The minimum Gasteiger partial charge on any atom is -0.492 e. The van der Waals surface area contributed by atoms with Crippen LogP contribution >= 0.6 is 15.9 Å². The third-order valence-corrected chi connectivity index (χ3v) is 7.12. The second-order valence-electron chi connectivity index (χ2n) is 6.93. The molecule has 30 heavy (non-hydrogen) atoms. The van der Waals surface area contributed by atoms with E-state index in [4.69, 9.17) is 0 Å². The Labute approximate surface area is 184 Å². The summed E-state index contributed by atoms with van der Waals surface area (Å²) >= 11 is 3.26. The molecule has 0 saturated heterocycles. The number of aromatic nitrogens is 2. The zero-order valence-corrected chi connectivity index (χ0v) is 19.0. The van der Waals surface area contributed by atoms with Crippen LogP contribution in [0.4, 0.5) is 0 Å². The Kier molecular flexibility index (Phi) is 7.10. The number of halogens is 1. The first-order valence-corrected chi connectivity index (χ1v) is 12.0. The van der Waals surface area contributed by atoms with Crippen molar-refractivity contribution >= 4 is 25.8 Å². The predicted octanol–water partition coefficient (Wildman–Crippen LogP) is 4.13. The van der Waals surface area contributed by atoms with Crippen molar-refractivity contribution < 1.29 is 13.5 Å². The fourth-order valence-electron chi connectivity index (χ4n) is 3.18. The largest absolute Gasteiger partial charge is 0.492 e.